The minimum Gasteiger partial charge on any atom is -0.496 e. The number of hydrogen-bond acceptors (Lipinski definition) is 2. The molecule has 1 aromatic rings. The van der Waals surface area contributed by atoms with Crippen molar-refractivity contribution in [2.45, 2.75) is 51.5 Å². The van der Waals surface area contributed by atoms with Crippen LogP contribution in [0.25, 0.3) is 0 Å². The van der Waals surface area contributed by atoms with Crippen LogP contribution in [-0.4, -0.2) is 20.2 Å². The minimum atomic E-state index is 0.490. The maximum absolute atomic E-state index is 6.07. The standard InChI is InChI=1S/C16H26ClNO/c1-4-5-6-7-8-15(18-2)12-13-11-14(17)9-10-16(13)19-3/h9-11,15,18H,4-8,12H2,1-3H3. The Morgan fingerprint density at radius 2 is 2.05 bits per heavy atom. The van der Waals surface area contributed by atoms with Crippen LogP contribution in [0.15, 0.2) is 18.2 Å². The van der Waals surface area contributed by atoms with E-state index in [0.717, 1.165) is 17.2 Å². The average Bonchev–Trinajstić information content (AvgIpc) is 2.42. The summed E-state index contributed by atoms with van der Waals surface area (Å²) in [5.74, 6) is 0.929. The second-order valence-electron chi connectivity index (χ2n) is 5.00. The Hall–Kier alpha value is -0.730. The molecule has 0 bridgehead atoms. The molecule has 0 amide bonds. The Kier molecular flexibility index (Phi) is 7.92. The van der Waals surface area contributed by atoms with Crippen molar-refractivity contribution in [1.82, 2.24) is 5.32 Å². The van der Waals surface area contributed by atoms with Crippen molar-refractivity contribution < 1.29 is 4.74 Å². The Balaban J connectivity index is 2.56. The molecule has 3 heteroatoms. The van der Waals surface area contributed by atoms with Gasteiger partial charge in [-0.05, 0) is 43.7 Å². The molecule has 0 radical (unpaired) electrons. The van der Waals surface area contributed by atoms with Crippen LogP contribution in [0.4, 0.5) is 0 Å². The van der Waals surface area contributed by atoms with Gasteiger partial charge in [-0.15, -0.1) is 0 Å². The Morgan fingerprint density at radius 1 is 1.26 bits per heavy atom. The summed E-state index contributed by atoms with van der Waals surface area (Å²) in [5, 5.41) is 4.17. The van der Waals surface area contributed by atoms with Gasteiger partial charge in [-0.2, -0.15) is 0 Å². The summed E-state index contributed by atoms with van der Waals surface area (Å²) in [4.78, 5) is 0. The highest BCUT2D eigenvalue weighted by Crippen LogP contribution is 2.24. The third kappa shape index (κ3) is 5.84. The normalized spacial score (nSPS) is 12.4. The first-order valence-corrected chi connectivity index (χ1v) is 7.58. The van der Waals surface area contributed by atoms with E-state index < -0.39 is 0 Å². The first-order valence-electron chi connectivity index (χ1n) is 7.21. The molecule has 0 saturated carbocycles. The molecule has 0 aliphatic rings. The van der Waals surface area contributed by atoms with Gasteiger partial charge in [0, 0.05) is 11.1 Å². The summed E-state index contributed by atoms with van der Waals surface area (Å²) in [7, 11) is 3.74. The molecule has 0 spiro atoms. The van der Waals surface area contributed by atoms with Crippen LogP contribution >= 0.6 is 11.6 Å². The summed E-state index contributed by atoms with van der Waals surface area (Å²) >= 11 is 6.07. The van der Waals surface area contributed by atoms with Gasteiger partial charge in [-0.25, -0.2) is 0 Å². The predicted molar refractivity (Wildman–Crippen MR) is 83.3 cm³/mol. The van der Waals surface area contributed by atoms with E-state index in [0.29, 0.717) is 6.04 Å². The smallest absolute Gasteiger partial charge is 0.122 e. The molecule has 0 aliphatic heterocycles. The van der Waals surface area contributed by atoms with E-state index in [1.54, 1.807) is 7.11 Å². The minimum absolute atomic E-state index is 0.490. The summed E-state index contributed by atoms with van der Waals surface area (Å²) < 4.78 is 5.40. The molecule has 0 fully saturated rings. The van der Waals surface area contributed by atoms with E-state index in [4.69, 9.17) is 16.3 Å². The van der Waals surface area contributed by atoms with Crippen LogP contribution in [0.2, 0.25) is 5.02 Å². The SMILES string of the molecule is CCCCCCC(Cc1cc(Cl)ccc1OC)NC. The van der Waals surface area contributed by atoms with Crippen molar-refractivity contribution >= 4 is 11.6 Å². The summed E-state index contributed by atoms with van der Waals surface area (Å²) in [6.07, 6.45) is 7.38. The monoisotopic (exact) mass is 283 g/mol. The fourth-order valence-corrected chi connectivity index (χ4v) is 2.53. The number of halogens is 1. The molecule has 1 rings (SSSR count). The number of methoxy groups -OCH3 is 1. The lowest BCUT2D eigenvalue weighted by molar-refractivity contribution is 0.403. The molecule has 0 aliphatic carbocycles. The number of unbranched alkanes of at least 4 members (excludes halogenated alkanes) is 3. The molecule has 0 aromatic heterocycles. The fraction of sp³-hybridized carbons (Fsp3) is 0.625. The van der Waals surface area contributed by atoms with E-state index >= 15 is 0 Å². The molecular weight excluding hydrogens is 258 g/mol. The quantitative estimate of drug-likeness (QED) is 0.676. The summed E-state index contributed by atoms with van der Waals surface area (Å²) in [6, 6.07) is 6.32. The van der Waals surface area contributed by atoms with Crippen molar-refractivity contribution in [2.24, 2.45) is 0 Å². The number of hydrogen-bond donors (Lipinski definition) is 1. The van der Waals surface area contributed by atoms with Gasteiger partial charge in [0.1, 0.15) is 5.75 Å². The van der Waals surface area contributed by atoms with Crippen LogP contribution in [0, 0.1) is 0 Å². The van der Waals surface area contributed by atoms with Crippen LogP contribution < -0.4 is 10.1 Å². The van der Waals surface area contributed by atoms with Crippen LogP contribution in [-0.2, 0) is 6.42 Å². The van der Waals surface area contributed by atoms with E-state index in [1.807, 2.05) is 25.2 Å². The fourth-order valence-electron chi connectivity index (χ4n) is 2.34. The van der Waals surface area contributed by atoms with E-state index in [-0.39, 0.29) is 0 Å². The lowest BCUT2D eigenvalue weighted by Gasteiger charge is -2.18. The third-order valence-electron chi connectivity index (χ3n) is 3.52. The molecule has 0 saturated heterocycles. The van der Waals surface area contributed by atoms with Gasteiger partial charge in [-0.3, -0.25) is 0 Å². The highest BCUT2D eigenvalue weighted by atomic mass is 35.5. The maximum Gasteiger partial charge on any atom is 0.122 e. The van der Waals surface area contributed by atoms with Gasteiger partial charge in [0.05, 0.1) is 7.11 Å². The van der Waals surface area contributed by atoms with Gasteiger partial charge in [0.15, 0.2) is 0 Å². The highest BCUT2D eigenvalue weighted by Gasteiger charge is 2.11. The second kappa shape index (κ2) is 9.22. The van der Waals surface area contributed by atoms with Crippen molar-refractivity contribution in [2.75, 3.05) is 14.2 Å². The van der Waals surface area contributed by atoms with Gasteiger partial charge in [-0.1, -0.05) is 44.2 Å². The lowest BCUT2D eigenvalue weighted by atomic mass is 9.99. The van der Waals surface area contributed by atoms with Crippen molar-refractivity contribution in [3.05, 3.63) is 28.8 Å². The van der Waals surface area contributed by atoms with E-state index in [1.165, 1.54) is 37.7 Å². The highest BCUT2D eigenvalue weighted by molar-refractivity contribution is 6.30. The average molecular weight is 284 g/mol. The topological polar surface area (TPSA) is 21.3 Å². The molecular formula is C16H26ClNO. The largest absolute Gasteiger partial charge is 0.496 e. The molecule has 0 heterocycles. The van der Waals surface area contributed by atoms with Gasteiger partial charge in [0.2, 0.25) is 0 Å². The summed E-state index contributed by atoms with van der Waals surface area (Å²) in [5.41, 5.74) is 1.19. The first-order chi connectivity index (χ1) is 9.21. The molecule has 19 heavy (non-hydrogen) atoms. The lowest BCUT2D eigenvalue weighted by Crippen LogP contribution is -2.27. The van der Waals surface area contributed by atoms with Crippen molar-refractivity contribution in [1.29, 1.82) is 0 Å². The number of rotatable bonds is 9. The number of likely N-dealkylation sites (N-methyl/N-ethyl adjacent to an activating group) is 1. The molecule has 108 valence electrons. The zero-order valence-corrected chi connectivity index (χ0v) is 13.1. The second-order valence-corrected chi connectivity index (χ2v) is 5.43. The Morgan fingerprint density at radius 3 is 2.68 bits per heavy atom. The van der Waals surface area contributed by atoms with Crippen LogP contribution in [0.5, 0.6) is 5.75 Å². The van der Waals surface area contributed by atoms with Gasteiger partial charge >= 0.3 is 0 Å². The first kappa shape index (κ1) is 16.3. The van der Waals surface area contributed by atoms with Gasteiger partial charge < -0.3 is 10.1 Å². The molecule has 1 aromatic carbocycles. The number of benzene rings is 1. The Labute approximate surface area is 122 Å². The number of nitrogens with one attached hydrogen (secondary N) is 1. The van der Waals surface area contributed by atoms with E-state index in [2.05, 4.69) is 12.2 Å². The molecule has 1 N–H and O–H groups in total. The maximum atomic E-state index is 6.07. The van der Waals surface area contributed by atoms with E-state index in [9.17, 15) is 0 Å². The van der Waals surface area contributed by atoms with Crippen LogP contribution in [0.3, 0.4) is 0 Å². The predicted octanol–water partition coefficient (Wildman–Crippen LogP) is 4.45. The zero-order chi connectivity index (χ0) is 14.1. The Bertz CT molecular complexity index is 368. The molecule has 2 nitrogen and oxygen atoms in total. The van der Waals surface area contributed by atoms with Gasteiger partial charge in [0.25, 0.3) is 0 Å². The van der Waals surface area contributed by atoms with Crippen molar-refractivity contribution in [3.63, 3.8) is 0 Å². The zero-order valence-electron chi connectivity index (χ0n) is 12.3. The van der Waals surface area contributed by atoms with Crippen LogP contribution in [0.1, 0.15) is 44.6 Å². The number of ether oxygens (including phenoxy) is 1. The third-order valence-corrected chi connectivity index (χ3v) is 3.76. The molecule has 1 unspecified atom stereocenters. The molecule has 1 atom stereocenters. The van der Waals surface area contributed by atoms with Crippen molar-refractivity contribution in [3.8, 4) is 5.75 Å². The summed E-state index contributed by atoms with van der Waals surface area (Å²) in [6.45, 7) is 2.24.